The Morgan fingerprint density at radius 1 is 1.30 bits per heavy atom. The van der Waals surface area contributed by atoms with Crippen LogP contribution in [0.15, 0.2) is 18.2 Å². The van der Waals surface area contributed by atoms with Crippen LogP contribution in [0, 0.1) is 0 Å². The quantitative estimate of drug-likeness (QED) is 0.789. The Hall–Kier alpha value is -1.79. The number of hydrogen-bond acceptors (Lipinski definition) is 6. The molecule has 0 saturated carbocycles. The molecule has 20 heavy (non-hydrogen) atoms. The minimum absolute atomic E-state index is 0.0329. The van der Waals surface area contributed by atoms with E-state index in [1.54, 1.807) is 21.1 Å². The molecule has 2 rings (SSSR count). The van der Waals surface area contributed by atoms with E-state index in [0.717, 1.165) is 17.1 Å². The van der Waals surface area contributed by atoms with E-state index >= 15 is 0 Å². The van der Waals surface area contributed by atoms with E-state index in [-0.39, 0.29) is 18.1 Å². The number of carbonyl (C=O) groups excluding carboxylic acids is 1. The molecule has 2 atom stereocenters. The monoisotopic (exact) mass is 280 g/mol. The molecular weight excluding hydrogens is 260 g/mol. The fourth-order valence-electron chi connectivity index (χ4n) is 2.27. The number of nitrogens with one attached hydrogen (secondary N) is 2. The summed E-state index contributed by atoms with van der Waals surface area (Å²) in [7, 11) is 3.24. The van der Waals surface area contributed by atoms with Gasteiger partial charge in [-0.15, -0.1) is 0 Å². The van der Waals surface area contributed by atoms with E-state index in [2.05, 4.69) is 10.9 Å². The summed E-state index contributed by atoms with van der Waals surface area (Å²) in [4.78, 5) is 11.7. The molecule has 6 nitrogen and oxygen atoms in total. The van der Waals surface area contributed by atoms with Gasteiger partial charge in [0.2, 0.25) is 0 Å². The smallest absolute Gasteiger partial charge is 0.324 e. The number of rotatable bonds is 5. The first-order valence-corrected chi connectivity index (χ1v) is 6.59. The molecule has 1 aromatic carbocycles. The number of methoxy groups -OCH3 is 2. The highest BCUT2D eigenvalue weighted by molar-refractivity contribution is 5.76. The molecule has 1 aliphatic rings. The molecule has 0 radical (unpaired) electrons. The highest BCUT2D eigenvalue weighted by Gasteiger charge is 2.32. The van der Waals surface area contributed by atoms with E-state index < -0.39 is 0 Å². The van der Waals surface area contributed by atoms with Gasteiger partial charge in [-0.25, -0.2) is 10.9 Å². The number of hydrogen-bond donors (Lipinski definition) is 2. The van der Waals surface area contributed by atoms with Crippen molar-refractivity contribution in [2.45, 2.75) is 25.4 Å². The van der Waals surface area contributed by atoms with Gasteiger partial charge in [0.1, 0.15) is 17.5 Å². The van der Waals surface area contributed by atoms with E-state index in [0.29, 0.717) is 13.0 Å². The molecule has 1 saturated heterocycles. The summed E-state index contributed by atoms with van der Waals surface area (Å²) in [5, 5.41) is 0. The number of hydrazine groups is 1. The SMILES string of the molecule is CCOC(=O)C1CC(c2cc(OC)ccc2OC)NN1. The second-order valence-electron chi connectivity index (χ2n) is 4.49. The van der Waals surface area contributed by atoms with E-state index in [1.165, 1.54) is 0 Å². The number of esters is 1. The Bertz CT molecular complexity index is 478. The van der Waals surface area contributed by atoms with Gasteiger partial charge >= 0.3 is 5.97 Å². The Balaban J connectivity index is 2.14. The fraction of sp³-hybridized carbons (Fsp3) is 0.500. The highest BCUT2D eigenvalue weighted by Crippen LogP contribution is 2.33. The topological polar surface area (TPSA) is 68.8 Å². The Morgan fingerprint density at radius 3 is 2.75 bits per heavy atom. The van der Waals surface area contributed by atoms with Gasteiger partial charge in [-0.2, -0.15) is 0 Å². The molecule has 2 unspecified atom stereocenters. The van der Waals surface area contributed by atoms with Crippen LogP contribution in [0.4, 0.5) is 0 Å². The lowest BCUT2D eigenvalue weighted by atomic mass is 10.0. The summed E-state index contributed by atoms with van der Waals surface area (Å²) in [5.41, 5.74) is 7.01. The molecule has 1 aromatic rings. The molecule has 2 N–H and O–H groups in total. The average molecular weight is 280 g/mol. The maximum atomic E-state index is 11.7. The summed E-state index contributed by atoms with van der Waals surface area (Å²) in [6.45, 7) is 2.17. The molecule has 0 aromatic heterocycles. The molecule has 0 aliphatic carbocycles. The maximum Gasteiger partial charge on any atom is 0.324 e. The molecule has 0 amide bonds. The van der Waals surface area contributed by atoms with E-state index in [9.17, 15) is 4.79 Å². The fourth-order valence-corrected chi connectivity index (χ4v) is 2.27. The van der Waals surface area contributed by atoms with Gasteiger partial charge < -0.3 is 14.2 Å². The third kappa shape index (κ3) is 3.02. The van der Waals surface area contributed by atoms with E-state index in [4.69, 9.17) is 14.2 Å². The lowest BCUT2D eigenvalue weighted by Gasteiger charge is -2.15. The van der Waals surface area contributed by atoms with Crippen LogP contribution in [-0.4, -0.2) is 32.8 Å². The molecule has 1 aliphatic heterocycles. The van der Waals surface area contributed by atoms with E-state index in [1.807, 2.05) is 18.2 Å². The van der Waals surface area contributed by atoms with Crippen molar-refractivity contribution < 1.29 is 19.0 Å². The van der Waals surface area contributed by atoms with Crippen LogP contribution in [-0.2, 0) is 9.53 Å². The van der Waals surface area contributed by atoms with Crippen LogP contribution in [0.2, 0.25) is 0 Å². The van der Waals surface area contributed by atoms with Crippen LogP contribution in [0.5, 0.6) is 11.5 Å². The first kappa shape index (κ1) is 14.6. The Morgan fingerprint density at radius 2 is 2.10 bits per heavy atom. The van der Waals surface area contributed by atoms with Gasteiger partial charge in [0.15, 0.2) is 0 Å². The predicted molar refractivity (Wildman–Crippen MR) is 73.6 cm³/mol. The summed E-state index contributed by atoms with van der Waals surface area (Å²) >= 11 is 0. The number of ether oxygens (including phenoxy) is 3. The first-order chi connectivity index (χ1) is 9.69. The minimum Gasteiger partial charge on any atom is -0.497 e. The third-order valence-corrected chi connectivity index (χ3v) is 3.29. The Labute approximate surface area is 118 Å². The van der Waals surface area contributed by atoms with Crippen molar-refractivity contribution in [2.24, 2.45) is 0 Å². The highest BCUT2D eigenvalue weighted by atomic mass is 16.5. The first-order valence-electron chi connectivity index (χ1n) is 6.59. The van der Waals surface area contributed by atoms with Crippen molar-refractivity contribution in [3.8, 4) is 11.5 Å². The standard InChI is InChI=1S/C14H20N2O4/c1-4-20-14(17)12-8-11(15-16-12)10-7-9(18-2)5-6-13(10)19-3/h5-7,11-12,15-16H,4,8H2,1-3H3. The Kier molecular flexibility index (Phi) is 4.81. The summed E-state index contributed by atoms with van der Waals surface area (Å²) in [6, 6.07) is 5.22. The lowest BCUT2D eigenvalue weighted by molar-refractivity contribution is -0.145. The summed E-state index contributed by atoms with van der Waals surface area (Å²) < 4.78 is 15.6. The van der Waals surface area contributed by atoms with Crippen molar-refractivity contribution in [2.75, 3.05) is 20.8 Å². The molecule has 1 fully saturated rings. The van der Waals surface area contributed by atoms with Crippen LogP contribution in [0.1, 0.15) is 24.9 Å². The van der Waals surface area contributed by atoms with Gasteiger partial charge in [-0.05, 0) is 31.5 Å². The van der Waals surface area contributed by atoms with Crippen LogP contribution in [0.3, 0.4) is 0 Å². The molecule has 110 valence electrons. The van der Waals surface area contributed by atoms with Crippen LogP contribution >= 0.6 is 0 Å². The normalized spacial score (nSPS) is 21.6. The van der Waals surface area contributed by atoms with Crippen molar-refractivity contribution in [3.63, 3.8) is 0 Å². The van der Waals surface area contributed by atoms with Crippen molar-refractivity contribution in [3.05, 3.63) is 23.8 Å². The molecule has 1 heterocycles. The second kappa shape index (κ2) is 6.58. The number of benzene rings is 1. The molecule has 6 heteroatoms. The zero-order valence-corrected chi connectivity index (χ0v) is 11.9. The summed E-state index contributed by atoms with van der Waals surface area (Å²) in [6.07, 6.45) is 0.600. The third-order valence-electron chi connectivity index (χ3n) is 3.29. The summed E-state index contributed by atoms with van der Waals surface area (Å²) in [5.74, 6) is 1.26. The lowest BCUT2D eigenvalue weighted by Crippen LogP contribution is -2.37. The molecule has 0 bridgehead atoms. The number of carbonyl (C=O) groups is 1. The van der Waals surface area contributed by atoms with Crippen molar-refractivity contribution in [1.29, 1.82) is 0 Å². The maximum absolute atomic E-state index is 11.7. The molecular formula is C14H20N2O4. The van der Waals surface area contributed by atoms with Crippen molar-refractivity contribution >= 4 is 5.97 Å². The van der Waals surface area contributed by atoms with Gasteiger partial charge in [0.05, 0.1) is 26.9 Å². The second-order valence-corrected chi connectivity index (χ2v) is 4.49. The van der Waals surface area contributed by atoms with Crippen LogP contribution in [0.25, 0.3) is 0 Å². The largest absolute Gasteiger partial charge is 0.497 e. The average Bonchev–Trinajstić information content (AvgIpc) is 2.96. The zero-order chi connectivity index (χ0) is 14.5. The zero-order valence-electron chi connectivity index (χ0n) is 11.9. The van der Waals surface area contributed by atoms with Gasteiger partial charge in [-0.1, -0.05) is 0 Å². The van der Waals surface area contributed by atoms with Gasteiger partial charge in [0.25, 0.3) is 0 Å². The molecule has 0 spiro atoms. The predicted octanol–water partition coefficient (Wildman–Crippen LogP) is 1.17. The van der Waals surface area contributed by atoms with Gasteiger partial charge in [0, 0.05) is 5.56 Å². The van der Waals surface area contributed by atoms with Gasteiger partial charge in [-0.3, -0.25) is 4.79 Å². The van der Waals surface area contributed by atoms with Crippen molar-refractivity contribution in [1.82, 2.24) is 10.9 Å². The van der Waals surface area contributed by atoms with Crippen LogP contribution < -0.4 is 20.3 Å². The minimum atomic E-state index is -0.351.